The number of aromatic nitrogens is 1. The number of pyridine rings is 1. The average Bonchev–Trinajstić information content (AvgIpc) is 2.55. The Kier molecular flexibility index (Phi) is 4.01. The number of hydrogen-bond acceptors (Lipinski definition) is 3. The van der Waals surface area contributed by atoms with Gasteiger partial charge in [0.2, 0.25) is 5.91 Å². The van der Waals surface area contributed by atoms with Gasteiger partial charge in [0, 0.05) is 23.5 Å². The van der Waals surface area contributed by atoms with Crippen LogP contribution in [-0.4, -0.2) is 18.0 Å². The summed E-state index contributed by atoms with van der Waals surface area (Å²) in [5, 5.41) is 5.03. The van der Waals surface area contributed by atoms with E-state index in [2.05, 4.69) is 10.3 Å². The Labute approximate surface area is 128 Å². The van der Waals surface area contributed by atoms with E-state index in [1.165, 1.54) is 0 Å². The molecule has 1 amide bonds. The standard InChI is InChI=1S/C18H16N2O2/c1-22-17-6-2-13(3-7-17)10-18(21)20-16-5-4-15-12-19-9-8-14(15)11-16/h2-9,11-12H,10H2,1H3,(H,20,21). The van der Waals surface area contributed by atoms with Crippen LogP contribution in [0.1, 0.15) is 5.56 Å². The SMILES string of the molecule is COc1ccc(CC(=O)Nc2ccc3cnccc3c2)cc1. The van der Waals surface area contributed by atoms with Gasteiger partial charge in [-0.1, -0.05) is 18.2 Å². The largest absolute Gasteiger partial charge is 0.497 e. The van der Waals surface area contributed by atoms with E-state index in [1.54, 1.807) is 19.5 Å². The molecule has 3 rings (SSSR count). The second-order valence-corrected chi connectivity index (χ2v) is 5.01. The molecule has 0 aliphatic carbocycles. The van der Waals surface area contributed by atoms with E-state index in [9.17, 15) is 4.79 Å². The molecule has 2 aromatic carbocycles. The maximum Gasteiger partial charge on any atom is 0.228 e. The summed E-state index contributed by atoms with van der Waals surface area (Å²) < 4.78 is 5.11. The highest BCUT2D eigenvalue weighted by Crippen LogP contribution is 2.18. The van der Waals surface area contributed by atoms with E-state index in [4.69, 9.17) is 4.74 Å². The van der Waals surface area contributed by atoms with Gasteiger partial charge in [0.05, 0.1) is 13.5 Å². The minimum atomic E-state index is -0.0430. The van der Waals surface area contributed by atoms with E-state index in [-0.39, 0.29) is 5.91 Å². The molecule has 1 aromatic heterocycles. The number of carbonyl (C=O) groups is 1. The minimum absolute atomic E-state index is 0.0430. The lowest BCUT2D eigenvalue weighted by Gasteiger charge is -2.07. The highest BCUT2D eigenvalue weighted by molar-refractivity contribution is 5.95. The van der Waals surface area contributed by atoms with Crippen molar-refractivity contribution in [1.29, 1.82) is 0 Å². The van der Waals surface area contributed by atoms with Gasteiger partial charge in [-0.05, 0) is 41.3 Å². The number of nitrogens with one attached hydrogen (secondary N) is 1. The Balaban J connectivity index is 1.69. The maximum absolute atomic E-state index is 12.1. The fraction of sp³-hybridized carbons (Fsp3) is 0.111. The van der Waals surface area contributed by atoms with Crippen LogP contribution in [0.15, 0.2) is 60.9 Å². The van der Waals surface area contributed by atoms with Gasteiger partial charge in [0.15, 0.2) is 0 Å². The molecular weight excluding hydrogens is 276 g/mol. The zero-order valence-corrected chi connectivity index (χ0v) is 12.2. The lowest BCUT2D eigenvalue weighted by atomic mass is 10.1. The molecule has 4 heteroatoms. The van der Waals surface area contributed by atoms with Crippen molar-refractivity contribution >= 4 is 22.4 Å². The van der Waals surface area contributed by atoms with Crippen LogP contribution < -0.4 is 10.1 Å². The normalized spacial score (nSPS) is 10.4. The predicted octanol–water partition coefficient (Wildman–Crippen LogP) is 3.42. The average molecular weight is 292 g/mol. The molecule has 110 valence electrons. The zero-order chi connectivity index (χ0) is 15.4. The molecular formula is C18H16N2O2. The summed E-state index contributed by atoms with van der Waals surface area (Å²) in [7, 11) is 1.62. The summed E-state index contributed by atoms with van der Waals surface area (Å²) in [6, 6.07) is 15.2. The van der Waals surface area contributed by atoms with Crippen LogP contribution >= 0.6 is 0 Å². The number of hydrogen-bond donors (Lipinski definition) is 1. The van der Waals surface area contributed by atoms with E-state index >= 15 is 0 Å². The van der Waals surface area contributed by atoms with Crippen LogP contribution in [0.4, 0.5) is 5.69 Å². The molecule has 0 radical (unpaired) electrons. The number of nitrogens with zero attached hydrogens (tertiary/aromatic N) is 1. The smallest absolute Gasteiger partial charge is 0.228 e. The number of anilines is 1. The summed E-state index contributed by atoms with van der Waals surface area (Å²) in [4.78, 5) is 16.2. The fourth-order valence-corrected chi connectivity index (χ4v) is 2.30. The van der Waals surface area contributed by atoms with Crippen LogP contribution in [0.3, 0.4) is 0 Å². The van der Waals surface area contributed by atoms with Crippen molar-refractivity contribution in [1.82, 2.24) is 4.98 Å². The van der Waals surface area contributed by atoms with Gasteiger partial charge in [-0.2, -0.15) is 0 Å². The van der Waals surface area contributed by atoms with Gasteiger partial charge in [0.25, 0.3) is 0 Å². The highest BCUT2D eigenvalue weighted by Gasteiger charge is 2.05. The summed E-state index contributed by atoms with van der Waals surface area (Å²) in [6.07, 6.45) is 3.88. The molecule has 0 saturated carbocycles. The Hall–Kier alpha value is -2.88. The molecule has 4 nitrogen and oxygen atoms in total. The summed E-state index contributed by atoms with van der Waals surface area (Å²) in [5.74, 6) is 0.742. The molecule has 0 spiro atoms. The second kappa shape index (κ2) is 6.26. The third kappa shape index (κ3) is 3.23. The van der Waals surface area contributed by atoms with E-state index in [0.29, 0.717) is 6.42 Å². The number of amides is 1. The van der Waals surface area contributed by atoms with Crippen molar-refractivity contribution in [3.05, 3.63) is 66.5 Å². The first-order valence-electron chi connectivity index (χ1n) is 7.01. The van der Waals surface area contributed by atoms with Crippen LogP contribution in [-0.2, 0) is 11.2 Å². The van der Waals surface area contributed by atoms with Crippen LogP contribution in [0.2, 0.25) is 0 Å². The molecule has 1 heterocycles. The Morgan fingerprint density at radius 3 is 2.68 bits per heavy atom. The molecule has 0 atom stereocenters. The number of carbonyl (C=O) groups excluding carboxylic acids is 1. The van der Waals surface area contributed by atoms with Gasteiger partial charge in [-0.3, -0.25) is 9.78 Å². The number of rotatable bonds is 4. The van der Waals surface area contributed by atoms with Crippen molar-refractivity contribution in [2.45, 2.75) is 6.42 Å². The van der Waals surface area contributed by atoms with Crippen LogP contribution in [0.5, 0.6) is 5.75 Å². The predicted molar refractivity (Wildman–Crippen MR) is 87.1 cm³/mol. The first kappa shape index (κ1) is 14.1. The summed E-state index contributed by atoms with van der Waals surface area (Å²) in [6.45, 7) is 0. The van der Waals surface area contributed by atoms with Gasteiger partial charge < -0.3 is 10.1 Å². The third-order valence-electron chi connectivity index (χ3n) is 3.45. The van der Waals surface area contributed by atoms with Crippen molar-refractivity contribution in [3.8, 4) is 5.75 Å². The Morgan fingerprint density at radius 1 is 1.09 bits per heavy atom. The maximum atomic E-state index is 12.1. The molecule has 22 heavy (non-hydrogen) atoms. The van der Waals surface area contributed by atoms with Gasteiger partial charge >= 0.3 is 0 Å². The molecule has 1 N–H and O–H groups in total. The molecule has 0 unspecified atom stereocenters. The minimum Gasteiger partial charge on any atom is -0.497 e. The molecule has 0 aliphatic heterocycles. The molecule has 0 fully saturated rings. The zero-order valence-electron chi connectivity index (χ0n) is 12.2. The molecule has 0 bridgehead atoms. The molecule has 3 aromatic rings. The number of benzene rings is 2. The number of methoxy groups -OCH3 is 1. The Morgan fingerprint density at radius 2 is 1.91 bits per heavy atom. The van der Waals surface area contributed by atoms with E-state index < -0.39 is 0 Å². The summed E-state index contributed by atoms with van der Waals surface area (Å²) >= 11 is 0. The monoisotopic (exact) mass is 292 g/mol. The lowest BCUT2D eigenvalue weighted by Crippen LogP contribution is -2.14. The molecule has 0 aliphatic rings. The molecule has 0 saturated heterocycles. The topological polar surface area (TPSA) is 51.2 Å². The fourth-order valence-electron chi connectivity index (χ4n) is 2.30. The van der Waals surface area contributed by atoms with Crippen molar-refractivity contribution < 1.29 is 9.53 Å². The highest BCUT2D eigenvalue weighted by atomic mass is 16.5. The number of fused-ring (bicyclic) bond motifs is 1. The van der Waals surface area contributed by atoms with Crippen molar-refractivity contribution in [3.63, 3.8) is 0 Å². The Bertz CT molecular complexity index is 798. The van der Waals surface area contributed by atoms with E-state index in [0.717, 1.165) is 27.8 Å². The van der Waals surface area contributed by atoms with Gasteiger partial charge in [0.1, 0.15) is 5.75 Å². The lowest BCUT2D eigenvalue weighted by molar-refractivity contribution is -0.115. The first-order chi connectivity index (χ1) is 10.7. The quantitative estimate of drug-likeness (QED) is 0.801. The summed E-state index contributed by atoms with van der Waals surface area (Å²) in [5.41, 5.74) is 1.74. The van der Waals surface area contributed by atoms with Crippen molar-refractivity contribution in [2.75, 3.05) is 12.4 Å². The number of ether oxygens (including phenoxy) is 1. The third-order valence-corrected chi connectivity index (χ3v) is 3.45. The van der Waals surface area contributed by atoms with Gasteiger partial charge in [-0.15, -0.1) is 0 Å². The van der Waals surface area contributed by atoms with E-state index in [1.807, 2.05) is 48.5 Å². The van der Waals surface area contributed by atoms with Gasteiger partial charge in [-0.25, -0.2) is 0 Å². The van der Waals surface area contributed by atoms with Crippen molar-refractivity contribution in [2.24, 2.45) is 0 Å². The van der Waals surface area contributed by atoms with Crippen LogP contribution in [0, 0.1) is 0 Å². The second-order valence-electron chi connectivity index (χ2n) is 5.01. The van der Waals surface area contributed by atoms with Crippen LogP contribution in [0.25, 0.3) is 10.8 Å². The first-order valence-corrected chi connectivity index (χ1v) is 7.01.